The SMILES string of the molecule is CC(C)(C)OC(=O)N[C@@H](CCCCCC(=O)CCN(Cc1ccccn1)Cc1ccccn1)C(=O)N1CCC(C(=O)NOC2CCCCO2)(S(=O)(=O)c2ccc(Oc3ccccc3)cc2)CC1.CC(C)(C)OC(=O)N[C@@H](CCCCN)C(=O)N1CCC(C(=O)NOC2CCCCO2)(S(=O)(=O)c2ccc(Oc3ccccc3)cc2)CC1.O=C(O)CCN(Cc1ccccn1)Cc1ccccn1. The van der Waals surface area contributed by atoms with Crippen molar-refractivity contribution in [3.63, 3.8) is 0 Å². The van der Waals surface area contributed by atoms with E-state index in [-0.39, 0.29) is 80.3 Å². The van der Waals surface area contributed by atoms with Crippen molar-refractivity contribution in [3.05, 3.63) is 230 Å². The molecule has 2 unspecified atom stereocenters. The van der Waals surface area contributed by atoms with Crippen LogP contribution in [0.3, 0.4) is 0 Å². The highest BCUT2D eigenvalue weighted by molar-refractivity contribution is 7.94. The molecule has 12 rings (SSSR count). The monoisotopic (exact) mass is 1900 g/mol. The summed E-state index contributed by atoms with van der Waals surface area (Å²) in [7, 11) is -8.71. The lowest BCUT2D eigenvalue weighted by atomic mass is 9.94. The zero-order valence-corrected chi connectivity index (χ0v) is 79.5. The number of pyridine rings is 4. The molecule has 8 heterocycles. The van der Waals surface area contributed by atoms with Gasteiger partial charge in [-0.15, -0.1) is 0 Å². The van der Waals surface area contributed by atoms with E-state index in [4.69, 9.17) is 48.9 Å². The summed E-state index contributed by atoms with van der Waals surface area (Å²) in [6, 6.07) is 50.9. The number of alkyl carbamates (subject to hydrolysis) is 2. The van der Waals surface area contributed by atoms with Gasteiger partial charge in [-0.05, 0) is 253 Å². The molecule has 4 fully saturated rings. The molecule has 7 N–H and O–H groups in total. The summed E-state index contributed by atoms with van der Waals surface area (Å²) in [5.41, 5.74) is 12.5. The number of hydroxylamine groups is 2. The molecule has 36 heteroatoms. The Kier molecular flexibility index (Phi) is 40.9. The first-order chi connectivity index (χ1) is 64.8. The van der Waals surface area contributed by atoms with Gasteiger partial charge in [0.15, 0.2) is 41.7 Å². The lowest BCUT2D eigenvalue weighted by Gasteiger charge is -2.41. The van der Waals surface area contributed by atoms with Gasteiger partial charge < -0.3 is 59.7 Å². The first-order valence-corrected chi connectivity index (χ1v) is 49.1. The highest BCUT2D eigenvalue weighted by Gasteiger charge is 2.56. The quantitative estimate of drug-likeness (QED) is 0.0153. The second kappa shape index (κ2) is 52.4. The van der Waals surface area contributed by atoms with Crippen molar-refractivity contribution in [1.29, 1.82) is 0 Å². The molecular formula is C99H129N13O21S2. The Balaban J connectivity index is 0.000000239. The van der Waals surface area contributed by atoms with E-state index < -0.39 is 107 Å². The van der Waals surface area contributed by atoms with Gasteiger partial charge in [-0.3, -0.25) is 58.5 Å². The normalized spacial score (nSPS) is 16.5. The van der Waals surface area contributed by atoms with E-state index in [1.54, 1.807) is 90.6 Å². The van der Waals surface area contributed by atoms with Gasteiger partial charge in [-0.25, -0.2) is 47.1 Å². The van der Waals surface area contributed by atoms with Crippen LogP contribution in [0.5, 0.6) is 23.0 Å². The summed E-state index contributed by atoms with van der Waals surface area (Å²) in [5.74, 6) is -1.18. The van der Waals surface area contributed by atoms with Crippen LogP contribution in [0.1, 0.15) is 193 Å². The molecule has 34 nitrogen and oxygen atoms in total. The second-order valence-electron chi connectivity index (χ2n) is 35.5. The number of hydrogen-bond donors (Lipinski definition) is 6. The molecule has 0 spiro atoms. The molecule has 0 radical (unpaired) electrons. The van der Waals surface area contributed by atoms with E-state index in [0.717, 1.165) is 48.5 Å². The molecular weight excluding hydrogens is 1770 g/mol. The topological polar surface area (TPSA) is 438 Å². The first-order valence-electron chi connectivity index (χ1n) is 46.1. The van der Waals surface area contributed by atoms with Crippen molar-refractivity contribution >= 4 is 67.2 Å². The number of hydrogen-bond acceptors (Lipinski definition) is 27. The van der Waals surface area contributed by atoms with Crippen molar-refractivity contribution in [2.45, 2.75) is 251 Å². The molecule has 4 aromatic heterocycles. The number of piperidine rings is 2. The number of ether oxygens (including phenoxy) is 6. The molecule has 0 bridgehead atoms. The average Bonchev–Trinajstić information content (AvgIpc) is 0.743. The number of aliphatic carboxylic acids is 1. The van der Waals surface area contributed by atoms with E-state index >= 15 is 0 Å². The summed E-state index contributed by atoms with van der Waals surface area (Å²) in [6.07, 6.45) is 12.1. The minimum Gasteiger partial charge on any atom is -0.481 e. The number of ketones is 1. The van der Waals surface area contributed by atoms with Crippen molar-refractivity contribution < 1.29 is 98.4 Å². The number of carboxylic acid groups (broad SMARTS) is 1. The minimum absolute atomic E-state index is 0.0516. The standard InChI is InChI=1S/C50H64N6O10S.C34H48N4O9S.C15H17N3O2/c1-49(2,3)65-48(60)53-44(21-9-4-6-18-40(57)27-32-55(36-38-16-10-13-30-51-38)37-39-17-11-14-31-52-39)46(58)56-33-28-50(29-34-56,47(59)54-66-45-22-12-15-35-63-45)67(61,62)43-25-23-42(24-26-43)64-41-19-7-5-8-20-41;1-33(2,3)46-32(41)36-28(13-7-9-21-35)30(39)38-22-19-34(20-23-38,31(40)37-47-29-14-8-10-24-44-29)48(42,43)27-17-15-26(16-18-27)45-25-11-5-4-6-12-25;19-15(20)7-10-18(11-13-5-1-3-8-16-13)12-14-6-2-4-9-17-14/h5,7-8,10-11,13-14,16-17,19-20,23-26,30-31,44-45H,4,6,9,12,15,18,21-22,27-29,32-37H2,1-3H3,(H,53,60)(H,54,59);4-6,11-12,15-18,28-29H,7-10,13-14,19-24,35H2,1-3H3,(H,36,41)(H,37,40);1-6,8-9H,7,10-12H2,(H,19,20)/t44-,45?;28-,29?;/m00./s1. The Morgan fingerprint density at radius 1 is 0.452 bits per heavy atom. The lowest BCUT2D eigenvalue weighted by molar-refractivity contribution is -0.202. The summed E-state index contributed by atoms with van der Waals surface area (Å²) >= 11 is 0. The van der Waals surface area contributed by atoms with E-state index in [9.17, 15) is 55.2 Å². The Bertz CT molecular complexity index is 5160. The van der Waals surface area contributed by atoms with Gasteiger partial charge >= 0.3 is 18.2 Å². The number of amides is 6. The fourth-order valence-corrected chi connectivity index (χ4v) is 19.6. The Morgan fingerprint density at radius 2 is 0.800 bits per heavy atom. The van der Waals surface area contributed by atoms with E-state index in [2.05, 4.69) is 46.4 Å². The second-order valence-corrected chi connectivity index (χ2v) is 40.0. The highest BCUT2D eigenvalue weighted by atomic mass is 32.2. The lowest BCUT2D eigenvalue weighted by Crippen LogP contribution is -2.60. The van der Waals surface area contributed by atoms with E-state index in [1.807, 2.05) is 114 Å². The smallest absolute Gasteiger partial charge is 0.408 e. The molecule has 0 saturated carbocycles. The molecule has 135 heavy (non-hydrogen) atoms. The number of carbonyl (C=O) groups excluding carboxylic acids is 7. The summed E-state index contributed by atoms with van der Waals surface area (Å²) in [6.45, 7) is 14.8. The van der Waals surface area contributed by atoms with Gasteiger partial charge in [0.05, 0.1) is 39.0 Å². The number of nitrogens with zero attached hydrogens (tertiary/aromatic N) is 8. The highest BCUT2D eigenvalue weighted by Crippen LogP contribution is 2.40. The number of nitrogens with one attached hydrogen (secondary N) is 4. The molecule has 4 aliphatic rings. The predicted octanol–water partition coefficient (Wildman–Crippen LogP) is 13.6. The van der Waals surface area contributed by atoms with Gasteiger partial charge in [0, 0.05) is 129 Å². The van der Waals surface area contributed by atoms with Gasteiger partial charge in [0.1, 0.15) is 52.1 Å². The van der Waals surface area contributed by atoms with Crippen molar-refractivity contribution in [2.75, 3.05) is 59.0 Å². The molecule has 0 aliphatic carbocycles. The number of likely N-dealkylation sites (tertiary alicyclic amines) is 2. The van der Waals surface area contributed by atoms with Gasteiger partial charge in [0.2, 0.25) is 11.8 Å². The van der Waals surface area contributed by atoms with Crippen LogP contribution in [0.2, 0.25) is 0 Å². The molecule has 4 atom stereocenters. The van der Waals surface area contributed by atoms with E-state index in [0.29, 0.717) is 146 Å². The summed E-state index contributed by atoms with van der Waals surface area (Å²) < 4.78 is 87.8. The zero-order valence-electron chi connectivity index (χ0n) is 77.9. The third kappa shape index (κ3) is 33.6. The number of nitrogens with two attached hydrogens (primary N) is 1. The third-order valence-corrected chi connectivity index (χ3v) is 27.9. The maximum Gasteiger partial charge on any atom is 0.408 e. The Hall–Kier alpha value is -11.7. The number of Topliss-reactive ketones (excluding diaryl/α,β-unsaturated/α-hetero) is 1. The maximum atomic E-state index is 14.6. The fraction of sp³-hybridized carbons (Fsp3) is 0.475. The number of benzene rings is 4. The number of aromatic nitrogens is 4. The average molecular weight is 1900 g/mol. The fourth-order valence-electron chi connectivity index (χ4n) is 15.7. The van der Waals surface area contributed by atoms with Gasteiger partial charge in [-0.2, -0.15) is 0 Å². The van der Waals surface area contributed by atoms with Crippen LogP contribution in [-0.4, -0.2) is 213 Å². The van der Waals surface area contributed by atoms with Crippen LogP contribution in [0.25, 0.3) is 0 Å². The molecule has 4 aromatic carbocycles. The maximum absolute atomic E-state index is 14.6. The minimum atomic E-state index is -4.39. The number of carboxylic acids is 1. The van der Waals surface area contributed by atoms with Crippen molar-refractivity contribution in [2.24, 2.45) is 5.73 Å². The third-order valence-electron chi connectivity index (χ3n) is 22.9. The number of rotatable bonds is 42. The number of para-hydroxylation sites is 2. The molecule has 4 saturated heterocycles. The summed E-state index contributed by atoms with van der Waals surface area (Å²) in [4.78, 5) is 141. The Labute approximate surface area is 791 Å². The van der Waals surface area contributed by atoms with Crippen LogP contribution in [0.4, 0.5) is 9.59 Å². The van der Waals surface area contributed by atoms with Crippen LogP contribution < -0.4 is 36.8 Å². The summed E-state index contributed by atoms with van der Waals surface area (Å²) in [5, 5.41) is 14.3. The van der Waals surface area contributed by atoms with E-state index in [1.165, 1.54) is 58.3 Å². The number of carbonyl (C=O) groups is 8. The van der Waals surface area contributed by atoms with Crippen molar-refractivity contribution in [1.82, 2.24) is 61.1 Å². The number of sulfone groups is 2. The first kappa shape index (κ1) is 105. The van der Waals surface area contributed by atoms with Gasteiger partial charge in [-0.1, -0.05) is 73.5 Å². The molecule has 728 valence electrons. The van der Waals surface area contributed by atoms with Crippen LogP contribution >= 0.6 is 0 Å². The molecule has 8 aromatic rings. The van der Waals surface area contributed by atoms with Gasteiger partial charge in [0.25, 0.3) is 11.8 Å². The predicted molar refractivity (Wildman–Crippen MR) is 502 cm³/mol. The molecule has 4 aliphatic heterocycles. The Morgan fingerprint density at radius 3 is 1.13 bits per heavy atom. The van der Waals surface area contributed by atoms with Crippen LogP contribution in [0, 0.1) is 0 Å². The van der Waals surface area contributed by atoms with Crippen molar-refractivity contribution in [3.8, 4) is 23.0 Å². The largest absolute Gasteiger partial charge is 0.481 e. The van der Waals surface area contributed by atoms with Crippen LogP contribution in [0.15, 0.2) is 217 Å². The zero-order chi connectivity index (χ0) is 96.7. The van der Waals surface area contributed by atoms with Crippen LogP contribution in [-0.2, 0) is 103 Å². The molecule has 6 amide bonds. The number of unbranched alkanes of at least 4 members (excludes halogenated alkanes) is 3.